The van der Waals surface area contributed by atoms with Gasteiger partial charge in [-0.1, -0.05) is 12.1 Å². The van der Waals surface area contributed by atoms with E-state index in [1.165, 1.54) is 0 Å². The van der Waals surface area contributed by atoms with E-state index in [4.69, 9.17) is 19.9 Å². The van der Waals surface area contributed by atoms with Crippen LogP contribution in [0.4, 0.5) is 0 Å². The Morgan fingerprint density at radius 2 is 1.97 bits per heavy atom. The van der Waals surface area contributed by atoms with Crippen LogP contribution in [0.3, 0.4) is 0 Å². The van der Waals surface area contributed by atoms with E-state index in [1.807, 2.05) is 49.5 Å². The van der Waals surface area contributed by atoms with Gasteiger partial charge in [-0.2, -0.15) is 5.10 Å². The third-order valence-corrected chi connectivity index (χ3v) is 5.20. The first kappa shape index (κ1) is 18.4. The summed E-state index contributed by atoms with van der Waals surface area (Å²) >= 11 is 0. The highest BCUT2D eigenvalue weighted by atomic mass is 16.7. The fraction of sp³-hybridized carbons (Fsp3) is 0.217. The molecule has 4 aromatic rings. The number of nitrogens with one attached hydrogen (secondary N) is 1. The second kappa shape index (κ2) is 7.68. The molecule has 2 aromatic heterocycles. The Labute approximate surface area is 173 Å². The molecule has 5 rings (SSSR count). The van der Waals surface area contributed by atoms with Crippen molar-refractivity contribution in [2.45, 2.75) is 19.4 Å². The molecular weight excluding hydrogens is 380 g/mol. The summed E-state index contributed by atoms with van der Waals surface area (Å²) in [5.41, 5.74) is 11.4. The van der Waals surface area contributed by atoms with Crippen molar-refractivity contribution in [3.05, 3.63) is 66.1 Å². The number of nitrogens with zero attached hydrogens (tertiary/aromatic N) is 2. The molecule has 2 aromatic carbocycles. The average Bonchev–Trinajstić information content (AvgIpc) is 3.38. The highest BCUT2D eigenvalue weighted by Gasteiger charge is 2.15. The number of aryl methyl sites for hydroxylation is 1. The first-order valence-electron chi connectivity index (χ1n) is 9.83. The molecule has 7 nitrogen and oxygen atoms in total. The number of aromatic amines is 1. The van der Waals surface area contributed by atoms with Gasteiger partial charge in [-0.15, -0.1) is 0 Å². The fourth-order valence-electron chi connectivity index (χ4n) is 3.61. The van der Waals surface area contributed by atoms with E-state index in [2.05, 4.69) is 21.2 Å². The van der Waals surface area contributed by atoms with Crippen molar-refractivity contribution in [2.75, 3.05) is 13.4 Å². The van der Waals surface area contributed by atoms with E-state index in [9.17, 15) is 0 Å². The third-order valence-electron chi connectivity index (χ3n) is 5.20. The molecule has 0 fully saturated rings. The summed E-state index contributed by atoms with van der Waals surface area (Å²) in [5.74, 6) is 2.23. The van der Waals surface area contributed by atoms with Crippen molar-refractivity contribution in [3.63, 3.8) is 0 Å². The Hall–Kier alpha value is -3.58. The van der Waals surface area contributed by atoms with E-state index >= 15 is 0 Å². The second-order valence-electron chi connectivity index (χ2n) is 7.44. The van der Waals surface area contributed by atoms with Crippen LogP contribution in [0.25, 0.3) is 22.0 Å². The summed E-state index contributed by atoms with van der Waals surface area (Å²) in [7, 11) is 0. The van der Waals surface area contributed by atoms with Crippen molar-refractivity contribution in [3.8, 4) is 28.4 Å². The Morgan fingerprint density at radius 3 is 2.90 bits per heavy atom. The quantitative estimate of drug-likeness (QED) is 0.512. The minimum atomic E-state index is -0.154. The molecule has 0 bridgehead atoms. The number of ether oxygens (including phenoxy) is 3. The lowest BCUT2D eigenvalue weighted by molar-refractivity contribution is 0.174. The van der Waals surface area contributed by atoms with Crippen LogP contribution in [0.15, 0.2) is 54.9 Å². The van der Waals surface area contributed by atoms with Gasteiger partial charge in [0.05, 0.1) is 17.4 Å². The smallest absolute Gasteiger partial charge is 0.231 e. The van der Waals surface area contributed by atoms with E-state index in [0.717, 1.165) is 44.8 Å². The highest BCUT2D eigenvalue weighted by Crippen LogP contribution is 2.33. The molecule has 0 saturated heterocycles. The summed E-state index contributed by atoms with van der Waals surface area (Å²) in [4.78, 5) is 4.33. The second-order valence-corrected chi connectivity index (χ2v) is 7.44. The van der Waals surface area contributed by atoms with Crippen LogP contribution in [0.1, 0.15) is 11.3 Å². The number of pyridine rings is 1. The van der Waals surface area contributed by atoms with E-state index in [1.54, 1.807) is 6.20 Å². The van der Waals surface area contributed by atoms with Crippen molar-refractivity contribution in [1.82, 2.24) is 15.2 Å². The Morgan fingerprint density at radius 1 is 1.07 bits per heavy atom. The van der Waals surface area contributed by atoms with Gasteiger partial charge in [-0.3, -0.25) is 10.1 Å². The zero-order valence-electron chi connectivity index (χ0n) is 16.6. The number of aromatic nitrogens is 3. The van der Waals surface area contributed by atoms with Gasteiger partial charge in [0, 0.05) is 23.2 Å². The molecular formula is C23H22N4O3. The summed E-state index contributed by atoms with van der Waals surface area (Å²) < 4.78 is 16.7. The van der Waals surface area contributed by atoms with Crippen molar-refractivity contribution >= 4 is 10.9 Å². The molecule has 3 heterocycles. The molecule has 7 heteroatoms. The van der Waals surface area contributed by atoms with Crippen LogP contribution in [-0.2, 0) is 6.42 Å². The van der Waals surface area contributed by atoms with Crippen LogP contribution in [0.2, 0.25) is 0 Å². The molecule has 0 unspecified atom stereocenters. The Kier molecular flexibility index (Phi) is 4.72. The number of benzene rings is 2. The topological polar surface area (TPSA) is 95.3 Å². The monoisotopic (exact) mass is 402 g/mol. The molecule has 152 valence electrons. The maximum absolute atomic E-state index is 6.29. The van der Waals surface area contributed by atoms with Gasteiger partial charge in [-0.25, -0.2) is 0 Å². The first-order chi connectivity index (χ1) is 14.7. The molecule has 0 amide bonds. The lowest BCUT2D eigenvalue weighted by Crippen LogP contribution is -2.30. The fourth-order valence-corrected chi connectivity index (χ4v) is 3.61. The van der Waals surface area contributed by atoms with Gasteiger partial charge in [0.2, 0.25) is 6.79 Å². The van der Waals surface area contributed by atoms with E-state index < -0.39 is 0 Å². The molecule has 0 aliphatic carbocycles. The maximum atomic E-state index is 6.29. The van der Waals surface area contributed by atoms with Gasteiger partial charge in [0.15, 0.2) is 11.5 Å². The minimum Gasteiger partial charge on any atom is -0.490 e. The van der Waals surface area contributed by atoms with Gasteiger partial charge >= 0.3 is 0 Å². The van der Waals surface area contributed by atoms with Crippen LogP contribution in [-0.4, -0.2) is 34.6 Å². The third kappa shape index (κ3) is 3.67. The first-order valence-corrected chi connectivity index (χ1v) is 9.83. The standard InChI is InChI=1S/C23H22N4O3/c1-14-20-9-16(3-4-21(20)27-26-14)17-8-19(11-25-10-17)28-12-18(24)6-15-2-5-22-23(7-15)30-13-29-22/h2-5,7-11,18H,6,12-13,24H2,1H3,(H,26,27)/t18-/m1/s1. The van der Waals surface area contributed by atoms with Crippen molar-refractivity contribution < 1.29 is 14.2 Å². The number of H-pyrrole nitrogens is 1. The summed E-state index contributed by atoms with van der Waals surface area (Å²) in [5, 5.41) is 8.38. The lowest BCUT2D eigenvalue weighted by atomic mass is 10.0. The normalized spacial score (nSPS) is 13.5. The largest absolute Gasteiger partial charge is 0.490 e. The zero-order chi connectivity index (χ0) is 20.5. The minimum absolute atomic E-state index is 0.154. The molecule has 30 heavy (non-hydrogen) atoms. The molecule has 3 N–H and O–H groups in total. The molecule has 1 aliphatic heterocycles. The number of hydrogen-bond acceptors (Lipinski definition) is 6. The number of rotatable bonds is 6. The average molecular weight is 402 g/mol. The number of nitrogens with two attached hydrogens (primary N) is 1. The SMILES string of the molecule is Cc1n[nH]c2ccc(-c3cncc(OC[C@H](N)Cc4ccc5c(c4)OCO5)c3)cc12. The molecule has 1 aliphatic rings. The Bertz CT molecular complexity index is 1200. The number of fused-ring (bicyclic) bond motifs is 2. The van der Waals surface area contributed by atoms with Gasteiger partial charge in [-0.05, 0) is 54.8 Å². The molecule has 0 saturated carbocycles. The highest BCUT2D eigenvalue weighted by molar-refractivity contribution is 5.86. The van der Waals surface area contributed by atoms with E-state index in [-0.39, 0.29) is 12.8 Å². The van der Waals surface area contributed by atoms with Crippen molar-refractivity contribution in [1.29, 1.82) is 0 Å². The van der Waals surface area contributed by atoms with Gasteiger partial charge in [0.1, 0.15) is 12.4 Å². The van der Waals surface area contributed by atoms with Crippen molar-refractivity contribution in [2.24, 2.45) is 5.73 Å². The maximum Gasteiger partial charge on any atom is 0.231 e. The van der Waals surface area contributed by atoms with Crippen LogP contribution < -0.4 is 19.9 Å². The molecule has 1 atom stereocenters. The van der Waals surface area contributed by atoms with Crippen LogP contribution in [0, 0.1) is 6.92 Å². The number of hydrogen-bond donors (Lipinski definition) is 2. The zero-order valence-corrected chi connectivity index (χ0v) is 16.6. The van der Waals surface area contributed by atoms with Crippen LogP contribution in [0.5, 0.6) is 17.2 Å². The summed E-state index contributed by atoms with van der Waals surface area (Å²) in [6.45, 7) is 2.64. The van der Waals surface area contributed by atoms with E-state index in [0.29, 0.717) is 18.8 Å². The lowest BCUT2D eigenvalue weighted by Gasteiger charge is -2.14. The Balaban J connectivity index is 1.25. The molecule has 0 spiro atoms. The van der Waals surface area contributed by atoms with Gasteiger partial charge < -0.3 is 19.9 Å². The summed E-state index contributed by atoms with van der Waals surface area (Å²) in [6.07, 6.45) is 4.22. The predicted molar refractivity (Wildman–Crippen MR) is 114 cm³/mol. The predicted octanol–water partition coefficient (Wildman–Crippen LogP) is 3.61. The van der Waals surface area contributed by atoms with Gasteiger partial charge in [0.25, 0.3) is 0 Å². The molecule has 0 radical (unpaired) electrons. The van der Waals surface area contributed by atoms with Crippen LogP contribution >= 0.6 is 0 Å². The summed E-state index contributed by atoms with van der Waals surface area (Å²) in [6, 6.07) is 13.9.